The fourth-order valence-electron chi connectivity index (χ4n) is 2.95. The lowest BCUT2D eigenvalue weighted by Crippen LogP contribution is -2.41. The van der Waals surface area contributed by atoms with Gasteiger partial charge in [-0.1, -0.05) is 12.1 Å². The molecule has 2 aliphatic rings. The minimum atomic E-state index is -0.152. The van der Waals surface area contributed by atoms with Crippen LogP contribution in [0.1, 0.15) is 24.4 Å². The molecule has 0 aliphatic carbocycles. The molecular weight excluding hydrogens is 203 g/mol. The topological polar surface area (TPSA) is 24.1 Å². The van der Waals surface area contributed by atoms with Gasteiger partial charge in [0.1, 0.15) is 5.82 Å². The predicted molar refractivity (Wildman–Crippen MR) is 61.7 cm³/mol. The highest BCUT2D eigenvalue weighted by atomic mass is 19.1. The Morgan fingerprint density at radius 1 is 1.19 bits per heavy atom. The molecule has 16 heavy (non-hydrogen) atoms. The molecule has 0 radical (unpaired) electrons. The number of benzene rings is 1. The summed E-state index contributed by atoms with van der Waals surface area (Å²) < 4.78 is 12.8. The SMILES string of the molecule is Fc1ccc(C2CC3CNCCC3N2)cc1. The summed E-state index contributed by atoms with van der Waals surface area (Å²) in [4.78, 5) is 0. The average molecular weight is 220 g/mol. The van der Waals surface area contributed by atoms with Crippen LogP contribution in [0.2, 0.25) is 0 Å². The van der Waals surface area contributed by atoms with Crippen molar-refractivity contribution in [3.8, 4) is 0 Å². The van der Waals surface area contributed by atoms with Crippen LogP contribution in [0.3, 0.4) is 0 Å². The van der Waals surface area contributed by atoms with Crippen LogP contribution in [0, 0.1) is 11.7 Å². The average Bonchev–Trinajstić information content (AvgIpc) is 2.73. The second-order valence-corrected chi connectivity index (χ2v) is 4.87. The van der Waals surface area contributed by atoms with E-state index >= 15 is 0 Å². The molecule has 0 saturated carbocycles. The van der Waals surface area contributed by atoms with E-state index in [1.165, 1.54) is 18.4 Å². The van der Waals surface area contributed by atoms with Gasteiger partial charge in [0, 0.05) is 12.1 Å². The number of halogens is 1. The summed E-state index contributed by atoms with van der Waals surface area (Å²) in [5, 5.41) is 7.10. The van der Waals surface area contributed by atoms with Crippen molar-refractivity contribution >= 4 is 0 Å². The Morgan fingerprint density at radius 2 is 2.00 bits per heavy atom. The second-order valence-electron chi connectivity index (χ2n) is 4.87. The maximum absolute atomic E-state index is 12.8. The maximum atomic E-state index is 12.8. The molecule has 3 rings (SSSR count). The molecule has 86 valence electrons. The molecule has 2 nitrogen and oxygen atoms in total. The van der Waals surface area contributed by atoms with Gasteiger partial charge in [0.15, 0.2) is 0 Å². The van der Waals surface area contributed by atoms with Crippen LogP contribution in [-0.2, 0) is 0 Å². The molecule has 2 saturated heterocycles. The Labute approximate surface area is 95.2 Å². The Kier molecular flexibility index (Phi) is 2.65. The zero-order valence-electron chi connectivity index (χ0n) is 9.25. The predicted octanol–water partition coefficient (Wildman–Crippen LogP) is 1.84. The lowest BCUT2D eigenvalue weighted by atomic mass is 9.92. The lowest BCUT2D eigenvalue weighted by Gasteiger charge is -2.25. The number of rotatable bonds is 1. The number of hydrogen-bond donors (Lipinski definition) is 2. The third-order valence-electron chi connectivity index (χ3n) is 3.83. The monoisotopic (exact) mass is 220 g/mol. The lowest BCUT2D eigenvalue weighted by molar-refractivity contribution is 0.344. The van der Waals surface area contributed by atoms with Crippen molar-refractivity contribution in [3.05, 3.63) is 35.6 Å². The molecule has 2 fully saturated rings. The fourth-order valence-corrected chi connectivity index (χ4v) is 2.95. The standard InChI is InChI=1S/C13H17FN2/c14-11-3-1-9(2-4-11)13-7-10-8-15-6-5-12(10)16-13/h1-4,10,12-13,15-16H,5-8H2. The van der Waals surface area contributed by atoms with E-state index in [2.05, 4.69) is 10.6 Å². The highest BCUT2D eigenvalue weighted by molar-refractivity contribution is 5.22. The van der Waals surface area contributed by atoms with E-state index in [-0.39, 0.29) is 5.82 Å². The number of hydrogen-bond acceptors (Lipinski definition) is 2. The van der Waals surface area contributed by atoms with Crippen molar-refractivity contribution < 1.29 is 4.39 Å². The Hall–Kier alpha value is -0.930. The Balaban J connectivity index is 1.75. The van der Waals surface area contributed by atoms with E-state index < -0.39 is 0 Å². The van der Waals surface area contributed by atoms with Crippen molar-refractivity contribution in [1.29, 1.82) is 0 Å². The minimum absolute atomic E-state index is 0.152. The molecule has 2 aliphatic heterocycles. The van der Waals surface area contributed by atoms with Crippen LogP contribution >= 0.6 is 0 Å². The zero-order valence-corrected chi connectivity index (χ0v) is 9.25. The molecule has 1 aromatic rings. The van der Waals surface area contributed by atoms with Crippen LogP contribution in [0.5, 0.6) is 0 Å². The molecule has 1 aromatic carbocycles. The van der Waals surface area contributed by atoms with Crippen LogP contribution in [0.4, 0.5) is 4.39 Å². The smallest absolute Gasteiger partial charge is 0.123 e. The molecule has 0 aromatic heterocycles. The first-order valence-corrected chi connectivity index (χ1v) is 6.05. The van der Waals surface area contributed by atoms with Gasteiger partial charge in [-0.15, -0.1) is 0 Å². The van der Waals surface area contributed by atoms with Gasteiger partial charge in [-0.3, -0.25) is 0 Å². The van der Waals surface area contributed by atoms with E-state index in [0.29, 0.717) is 12.1 Å². The van der Waals surface area contributed by atoms with E-state index in [4.69, 9.17) is 0 Å². The van der Waals surface area contributed by atoms with Gasteiger partial charge in [0.05, 0.1) is 0 Å². The van der Waals surface area contributed by atoms with E-state index in [1.807, 2.05) is 12.1 Å². The van der Waals surface area contributed by atoms with Crippen molar-refractivity contribution in [2.75, 3.05) is 13.1 Å². The summed E-state index contributed by atoms with van der Waals surface area (Å²) in [6, 6.07) is 7.97. The van der Waals surface area contributed by atoms with Gasteiger partial charge in [-0.05, 0) is 49.5 Å². The Bertz CT molecular complexity index is 349. The fraction of sp³-hybridized carbons (Fsp3) is 0.538. The van der Waals surface area contributed by atoms with Crippen LogP contribution < -0.4 is 10.6 Å². The first-order chi connectivity index (χ1) is 7.83. The molecule has 3 atom stereocenters. The van der Waals surface area contributed by atoms with Crippen molar-refractivity contribution in [2.45, 2.75) is 24.9 Å². The number of fused-ring (bicyclic) bond motifs is 1. The largest absolute Gasteiger partial charge is 0.316 e. The third-order valence-corrected chi connectivity index (χ3v) is 3.83. The summed E-state index contributed by atoms with van der Waals surface area (Å²) in [5.41, 5.74) is 1.22. The van der Waals surface area contributed by atoms with Gasteiger partial charge in [0.25, 0.3) is 0 Å². The maximum Gasteiger partial charge on any atom is 0.123 e. The summed E-state index contributed by atoms with van der Waals surface area (Å²) in [7, 11) is 0. The van der Waals surface area contributed by atoms with Crippen molar-refractivity contribution in [3.63, 3.8) is 0 Å². The molecular formula is C13H17FN2. The van der Waals surface area contributed by atoms with E-state index in [1.54, 1.807) is 12.1 Å². The molecule has 2 heterocycles. The molecule has 3 unspecified atom stereocenters. The first kappa shape index (κ1) is 10.2. The normalized spacial score (nSPS) is 33.7. The van der Waals surface area contributed by atoms with Crippen LogP contribution in [0.15, 0.2) is 24.3 Å². The van der Waals surface area contributed by atoms with Crippen molar-refractivity contribution in [1.82, 2.24) is 10.6 Å². The second kappa shape index (κ2) is 4.15. The summed E-state index contributed by atoms with van der Waals surface area (Å²) in [6.07, 6.45) is 2.38. The van der Waals surface area contributed by atoms with Gasteiger partial charge in [-0.25, -0.2) is 4.39 Å². The van der Waals surface area contributed by atoms with Gasteiger partial charge >= 0.3 is 0 Å². The quantitative estimate of drug-likeness (QED) is 0.754. The minimum Gasteiger partial charge on any atom is -0.316 e. The van der Waals surface area contributed by atoms with E-state index in [9.17, 15) is 4.39 Å². The number of nitrogens with one attached hydrogen (secondary N) is 2. The highest BCUT2D eigenvalue weighted by Gasteiger charge is 2.35. The summed E-state index contributed by atoms with van der Waals surface area (Å²) >= 11 is 0. The van der Waals surface area contributed by atoms with E-state index in [0.717, 1.165) is 19.0 Å². The zero-order chi connectivity index (χ0) is 11.0. The molecule has 3 heteroatoms. The molecule has 2 N–H and O–H groups in total. The van der Waals surface area contributed by atoms with Crippen LogP contribution in [-0.4, -0.2) is 19.1 Å². The third kappa shape index (κ3) is 1.85. The first-order valence-electron chi connectivity index (χ1n) is 6.05. The summed E-state index contributed by atoms with van der Waals surface area (Å²) in [5.74, 6) is 0.588. The Morgan fingerprint density at radius 3 is 2.75 bits per heavy atom. The molecule has 0 bridgehead atoms. The molecule has 0 amide bonds. The van der Waals surface area contributed by atoms with Gasteiger partial charge in [0.2, 0.25) is 0 Å². The highest BCUT2D eigenvalue weighted by Crippen LogP contribution is 2.33. The van der Waals surface area contributed by atoms with Gasteiger partial charge in [-0.2, -0.15) is 0 Å². The number of piperidine rings is 1. The van der Waals surface area contributed by atoms with Crippen molar-refractivity contribution in [2.24, 2.45) is 5.92 Å². The molecule has 0 spiro atoms. The summed E-state index contributed by atoms with van der Waals surface area (Å²) in [6.45, 7) is 2.24. The van der Waals surface area contributed by atoms with Gasteiger partial charge < -0.3 is 10.6 Å². The van der Waals surface area contributed by atoms with Crippen LogP contribution in [0.25, 0.3) is 0 Å².